The maximum atomic E-state index is 11.2. The molecule has 3 aromatic rings. The fourth-order valence-corrected chi connectivity index (χ4v) is 3.32. The van der Waals surface area contributed by atoms with Crippen LogP contribution in [0.15, 0.2) is 28.2 Å². The number of hydrogen-bond acceptors (Lipinski definition) is 4. The maximum absolute atomic E-state index is 11.2. The molecule has 0 bridgehead atoms. The molecule has 0 fully saturated rings. The van der Waals surface area contributed by atoms with Crippen LogP contribution in [0, 0.1) is 0 Å². The molecule has 3 heterocycles. The van der Waals surface area contributed by atoms with Crippen LogP contribution in [0.1, 0.15) is 32.2 Å². The molecule has 0 atom stereocenters. The number of hydrogen-bond donors (Lipinski definition) is 1. The summed E-state index contributed by atoms with van der Waals surface area (Å²) in [7, 11) is 0. The zero-order chi connectivity index (χ0) is 15.2. The molecule has 0 unspecified atom stereocenters. The van der Waals surface area contributed by atoms with Crippen LogP contribution in [0.3, 0.4) is 0 Å². The van der Waals surface area contributed by atoms with E-state index in [4.69, 9.17) is 4.42 Å². The lowest BCUT2D eigenvalue weighted by Crippen LogP contribution is -2.17. The number of furan rings is 1. The molecule has 5 nitrogen and oxygen atoms in total. The van der Waals surface area contributed by atoms with Crippen molar-refractivity contribution >= 4 is 22.3 Å². The summed E-state index contributed by atoms with van der Waals surface area (Å²) in [6, 6.07) is 3.68. The summed E-state index contributed by atoms with van der Waals surface area (Å²) in [5, 5.41) is 11.2. The minimum atomic E-state index is -0.862. The molecular weight excluding hydrogens is 288 g/mol. The second-order valence-corrected chi connectivity index (χ2v) is 6.78. The molecule has 0 saturated heterocycles. The molecule has 3 rings (SSSR count). The van der Waals surface area contributed by atoms with Crippen LogP contribution in [-0.2, 0) is 16.6 Å². The van der Waals surface area contributed by atoms with Crippen LogP contribution in [0.2, 0.25) is 0 Å². The van der Waals surface area contributed by atoms with Gasteiger partial charge in [0.1, 0.15) is 5.69 Å². The molecule has 0 aliphatic heterocycles. The Bertz CT molecular complexity index is 791. The van der Waals surface area contributed by atoms with Gasteiger partial charge in [0, 0.05) is 10.8 Å². The van der Waals surface area contributed by atoms with Gasteiger partial charge >= 0.3 is 5.97 Å². The number of thiazole rings is 1. The second kappa shape index (κ2) is 4.73. The summed E-state index contributed by atoms with van der Waals surface area (Å²) in [4.78, 5) is 16.7. The standard InChI is InChI=1S/C15H16N2O3S/c1-15(2,3)13-9(7-12(18)19)17-10(8-21-14(17)16-13)11-5-4-6-20-11/h4-6,8H,7H2,1-3H3,(H,18,19). The van der Waals surface area contributed by atoms with Gasteiger partial charge in [-0.25, -0.2) is 4.98 Å². The van der Waals surface area contributed by atoms with Crippen LogP contribution < -0.4 is 0 Å². The number of aromatic nitrogens is 2. The van der Waals surface area contributed by atoms with Gasteiger partial charge in [-0.05, 0) is 12.1 Å². The number of carbonyl (C=O) groups is 1. The number of rotatable bonds is 3. The fraction of sp³-hybridized carbons (Fsp3) is 0.333. The highest BCUT2D eigenvalue weighted by Gasteiger charge is 2.27. The van der Waals surface area contributed by atoms with Crippen molar-refractivity contribution in [2.24, 2.45) is 0 Å². The number of fused-ring (bicyclic) bond motifs is 1. The lowest BCUT2D eigenvalue weighted by Gasteiger charge is -2.17. The molecule has 0 radical (unpaired) electrons. The molecule has 0 spiro atoms. The minimum absolute atomic E-state index is 0.0573. The molecule has 0 aliphatic carbocycles. The van der Waals surface area contributed by atoms with Crippen LogP contribution in [0.5, 0.6) is 0 Å². The molecule has 0 aliphatic rings. The summed E-state index contributed by atoms with van der Waals surface area (Å²) in [5.74, 6) is -0.148. The van der Waals surface area contributed by atoms with Crippen molar-refractivity contribution in [3.05, 3.63) is 35.2 Å². The Hall–Kier alpha value is -2.08. The number of carboxylic acid groups (broad SMARTS) is 1. The Kier molecular flexibility index (Phi) is 3.13. The van der Waals surface area contributed by atoms with Crippen LogP contribution >= 0.6 is 11.3 Å². The van der Waals surface area contributed by atoms with Crippen molar-refractivity contribution in [3.8, 4) is 11.5 Å². The molecular formula is C15H16N2O3S. The van der Waals surface area contributed by atoms with E-state index in [0.29, 0.717) is 5.76 Å². The third-order valence-corrected chi connectivity index (χ3v) is 4.09. The van der Waals surface area contributed by atoms with Gasteiger partial charge in [-0.2, -0.15) is 0 Å². The van der Waals surface area contributed by atoms with E-state index in [-0.39, 0.29) is 11.8 Å². The average Bonchev–Trinajstić information content (AvgIpc) is 3.03. The van der Waals surface area contributed by atoms with Gasteiger partial charge in [0.25, 0.3) is 0 Å². The van der Waals surface area contributed by atoms with Gasteiger partial charge in [-0.15, -0.1) is 11.3 Å². The molecule has 21 heavy (non-hydrogen) atoms. The normalized spacial score (nSPS) is 12.1. The summed E-state index contributed by atoms with van der Waals surface area (Å²) in [6.07, 6.45) is 1.55. The van der Waals surface area contributed by atoms with Gasteiger partial charge in [0.2, 0.25) is 0 Å². The van der Waals surface area contributed by atoms with Crippen molar-refractivity contribution in [2.45, 2.75) is 32.6 Å². The van der Waals surface area contributed by atoms with E-state index < -0.39 is 5.97 Å². The zero-order valence-corrected chi connectivity index (χ0v) is 12.9. The predicted octanol–water partition coefficient (Wildman–Crippen LogP) is 3.58. The lowest BCUT2D eigenvalue weighted by atomic mass is 9.90. The molecule has 1 N–H and O–H groups in total. The molecule has 3 aromatic heterocycles. The van der Waals surface area contributed by atoms with Crippen LogP contribution in [-0.4, -0.2) is 20.5 Å². The topological polar surface area (TPSA) is 67.7 Å². The van der Waals surface area contributed by atoms with E-state index in [9.17, 15) is 9.90 Å². The van der Waals surface area contributed by atoms with Crippen molar-refractivity contribution in [2.75, 3.05) is 0 Å². The lowest BCUT2D eigenvalue weighted by molar-refractivity contribution is -0.136. The average molecular weight is 304 g/mol. The third-order valence-electron chi connectivity index (χ3n) is 3.26. The molecule has 0 aromatic carbocycles. The highest BCUT2D eigenvalue weighted by molar-refractivity contribution is 7.15. The smallest absolute Gasteiger partial charge is 0.309 e. The number of aliphatic carboxylic acids is 1. The van der Waals surface area contributed by atoms with Gasteiger partial charge in [0.15, 0.2) is 10.7 Å². The van der Waals surface area contributed by atoms with E-state index in [2.05, 4.69) is 4.98 Å². The Labute approximate surface area is 125 Å². The Morgan fingerprint density at radius 2 is 2.24 bits per heavy atom. The summed E-state index contributed by atoms with van der Waals surface area (Å²) in [5.41, 5.74) is 2.18. The number of imidazole rings is 1. The van der Waals surface area contributed by atoms with Crippen molar-refractivity contribution < 1.29 is 14.3 Å². The molecule has 6 heteroatoms. The quantitative estimate of drug-likeness (QED) is 0.803. The molecule has 0 amide bonds. The summed E-state index contributed by atoms with van der Waals surface area (Å²) < 4.78 is 7.35. The van der Waals surface area contributed by atoms with Gasteiger partial charge < -0.3 is 9.52 Å². The Morgan fingerprint density at radius 3 is 2.81 bits per heavy atom. The SMILES string of the molecule is CC(C)(C)c1nc2scc(-c3ccco3)n2c1CC(=O)O. The monoisotopic (exact) mass is 304 g/mol. The van der Waals surface area contributed by atoms with Crippen molar-refractivity contribution in [1.82, 2.24) is 9.38 Å². The molecule has 0 saturated carbocycles. The predicted molar refractivity (Wildman–Crippen MR) is 80.8 cm³/mol. The number of nitrogens with zero attached hydrogens (tertiary/aromatic N) is 2. The zero-order valence-electron chi connectivity index (χ0n) is 12.1. The summed E-state index contributed by atoms with van der Waals surface area (Å²) >= 11 is 1.49. The first-order chi connectivity index (χ1) is 9.88. The fourth-order valence-electron chi connectivity index (χ4n) is 2.42. The van der Waals surface area contributed by atoms with Crippen molar-refractivity contribution in [3.63, 3.8) is 0 Å². The Morgan fingerprint density at radius 1 is 1.48 bits per heavy atom. The minimum Gasteiger partial charge on any atom is -0.481 e. The first-order valence-corrected chi connectivity index (χ1v) is 7.51. The van der Waals surface area contributed by atoms with E-state index >= 15 is 0 Å². The third kappa shape index (κ3) is 2.35. The first kappa shape index (κ1) is 13.9. The second-order valence-electron chi connectivity index (χ2n) is 5.94. The number of carboxylic acids is 1. The van der Waals surface area contributed by atoms with Crippen molar-refractivity contribution in [1.29, 1.82) is 0 Å². The van der Waals surface area contributed by atoms with Crippen LogP contribution in [0.25, 0.3) is 16.4 Å². The summed E-state index contributed by atoms with van der Waals surface area (Å²) in [6.45, 7) is 6.12. The largest absolute Gasteiger partial charge is 0.481 e. The van der Waals surface area contributed by atoms with Gasteiger partial charge in [0.05, 0.1) is 24.1 Å². The van der Waals surface area contributed by atoms with Gasteiger partial charge in [-0.3, -0.25) is 9.20 Å². The highest BCUT2D eigenvalue weighted by Crippen LogP contribution is 2.33. The van der Waals surface area contributed by atoms with Gasteiger partial charge in [-0.1, -0.05) is 20.8 Å². The molecule has 110 valence electrons. The first-order valence-electron chi connectivity index (χ1n) is 6.63. The van der Waals surface area contributed by atoms with E-state index in [1.165, 1.54) is 11.3 Å². The van der Waals surface area contributed by atoms with E-state index in [0.717, 1.165) is 22.0 Å². The highest BCUT2D eigenvalue weighted by atomic mass is 32.1. The Balaban J connectivity index is 2.29. The van der Waals surface area contributed by atoms with E-state index in [1.54, 1.807) is 6.26 Å². The van der Waals surface area contributed by atoms with Crippen LogP contribution in [0.4, 0.5) is 0 Å². The maximum Gasteiger partial charge on any atom is 0.309 e. The van der Waals surface area contributed by atoms with E-state index in [1.807, 2.05) is 42.7 Å².